The minimum Gasteiger partial charge on any atom is -0.475 e. The summed E-state index contributed by atoms with van der Waals surface area (Å²) in [6.07, 6.45) is -2.95. The molecule has 0 radical (unpaired) electrons. The molecule has 6 nitrogen and oxygen atoms in total. The van der Waals surface area contributed by atoms with Gasteiger partial charge in [0.05, 0.1) is 6.10 Å². The van der Waals surface area contributed by atoms with Crippen LogP contribution in [0, 0.1) is 0 Å². The largest absolute Gasteiger partial charge is 0.475 e. The van der Waals surface area contributed by atoms with Gasteiger partial charge in [-0.25, -0.2) is 4.98 Å². The number of amides is 1. The third-order valence-corrected chi connectivity index (χ3v) is 4.01. The Hall–Kier alpha value is -1.88. The van der Waals surface area contributed by atoms with Gasteiger partial charge < -0.3 is 4.74 Å². The summed E-state index contributed by atoms with van der Waals surface area (Å²) in [5, 5.41) is 7.82. The Morgan fingerprint density at radius 2 is 2.04 bits per heavy atom. The van der Waals surface area contributed by atoms with E-state index in [2.05, 4.69) is 20.5 Å². The van der Waals surface area contributed by atoms with Crippen LogP contribution in [0.25, 0.3) is 0 Å². The maximum Gasteiger partial charge on any atom is 0.445 e. The number of carbonyl (C=O) groups excluding carboxylic acids is 1. The highest BCUT2D eigenvalue weighted by Gasteiger charge is 2.35. The number of anilines is 1. The quantitative estimate of drug-likeness (QED) is 0.799. The van der Waals surface area contributed by atoms with Crippen LogP contribution >= 0.6 is 23.1 Å². The van der Waals surface area contributed by atoms with Gasteiger partial charge in [-0.3, -0.25) is 10.1 Å². The lowest BCUT2D eigenvalue weighted by Gasteiger charge is -2.11. The minimum absolute atomic E-state index is 0.136. The van der Waals surface area contributed by atoms with Crippen molar-refractivity contribution in [3.8, 4) is 5.88 Å². The molecule has 1 N–H and O–H groups in total. The molecule has 0 aliphatic rings. The molecule has 24 heavy (non-hydrogen) atoms. The third kappa shape index (κ3) is 4.81. The zero-order chi connectivity index (χ0) is 17.9. The number of alkyl halides is 3. The van der Waals surface area contributed by atoms with Crippen LogP contribution in [0.5, 0.6) is 5.88 Å². The average Bonchev–Trinajstić information content (AvgIpc) is 2.94. The van der Waals surface area contributed by atoms with Crippen molar-refractivity contribution in [2.24, 2.45) is 0 Å². The number of nitrogens with one attached hydrogen (secondary N) is 1. The number of rotatable bonds is 5. The van der Waals surface area contributed by atoms with E-state index in [9.17, 15) is 18.0 Å². The first kappa shape index (κ1) is 18.5. The first-order valence-electron chi connectivity index (χ1n) is 6.64. The van der Waals surface area contributed by atoms with Gasteiger partial charge in [0.25, 0.3) is 5.91 Å². The topological polar surface area (TPSA) is 77.0 Å². The number of halogens is 3. The Morgan fingerprint density at radius 3 is 2.58 bits per heavy atom. The molecule has 0 saturated heterocycles. The fraction of sp³-hybridized carbons (Fsp3) is 0.385. The van der Waals surface area contributed by atoms with Crippen LogP contribution in [0.3, 0.4) is 0 Å². The highest BCUT2D eigenvalue weighted by atomic mass is 32.2. The molecular weight excluding hydrogens is 365 g/mol. The molecule has 2 heterocycles. The van der Waals surface area contributed by atoms with Crippen molar-refractivity contribution >= 4 is 34.1 Å². The van der Waals surface area contributed by atoms with Crippen LogP contribution in [0.15, 0.2) is 17.2 Å². The summed E-state index contributed by atoms with van der Waals surface area (Å²) in [4.78, 5) is 16.4. The monoisotopic (exact) mass is 378 g/mol. The molecule has 0 aromatic carbocycles. The van der Waals surface area contributed by atoms with E-state index < -0.39 is 17.1 Å². The zero-order valence-corrected chi connectivity index (χ0v) is 14.5. The Morgan fingerprint density at radius 1 is 1.33 bits per heavy atom. The van der Waals surface area contributed by atoms with Crippen LogP contribution < -0.4 is 10.1 Å². The van der Waals surface area contributed by atoms with E-state index in [4.69, 9.17) is 4.74 Å². The Balaban J connectivity index is 2.21. The maximum atomic E-state index is 12.5. The number of pyridine rings is 1. The SMILES string of the molecule is CSc1cc(C(=O)Nc2nnc(C(F)(F)F)s2)cc(OC(C)C)n1. The van der Waals surface area contributed by atoms with Crippen LogP contribution in [-0.4, -0.2) is 33.4 Å². The summed E-state index contributed by atoms with van der Waals surface area (Å²) in [6.45, 7) is 3.63. The van der Waals surface area contributed by atoms with Crippen LogP contribution in [-0.2, 0) is 6.18 Å². The number of nitrogens with zero attached hydrogens (tertiary/aromatic N) is 3. The summed E-state index contributed by atoms with van der Waals surface area (Å²) >= 11 is 1.57. The first-order chi connectivity index (χ1) is 11.2. The highest BCUT2D eigenvalue weighted by molar-refractivity contribution is 7.98. The van der Waals surface area contributed by atoms with E-state index in [0.29, 0.717) is 5.03 Å². The number of aromatic nitrogens is 3. The molecule has 0 fully saturated rings. The van der Waals surface area contributed by atoms with Gasteiger partial charge in [-0.05, 0) is 26.2 Å². The molecule has 0 bridgehead atoms. The lowest BCUT2D eigenvalue weighted by molar-refractivity contribution is -0.138. The summed E-state index contributed by atoms with van der Waals surface area (Å²) in [7, 11) is 0. The zero-order valence-electron chi connectivity index (χ0n) is 12.8. The van der Waals surface area contributed by atoms with Gasteiger partial charge in [0.1, 0.15) is 5.03 Å². The molecule has 0 spiro atoms. The molecule has 0 unspecified atom stereocenters. The fourth-order valence-corrected chi connectivity index (χ4v) is 2.61. The second-order valence-corrected chi connectivity index (χ2v) is 6.57. The molecule has 0 aliphatic carbocycles. The predicted molar refractivity (Wildman–Crippen MR) is 84.6 cm³/mol. The average molecular weight is 378 g/mol. The summed E-state index contributed by atoms with van der Waals surface area (Å²) in [5.74, 6) is -0.360. The van der Waals surface area contributed by atoms with Gasteiger partial charge in [0.2, 0.25) is 16.0 Å². The van der Waals surface area contributed by atoms with Crippen molar-refractivity contribution in [1.82, 2.24) is 15.2 Å². The third-order valence-electron chi connectivity index (χ3n) is 2.49. The lowest BCUT2D eigenvalue weighted by atomic mass is 10.2. The van der Waals surface area contributed by atoms with E-state index in [-0.39, 0.29) is 34.0 Å². The lowest BCUT2D eigenvalue weighted by Crippen LogP contribution is -2.14. The Labute approximate surface area is 143 Å². The van der Waals surface area contributed by atoms with Crippen molar-refractivity contribution < 1.29 is 22.7 Å². The summed E-state index contributed by atoms with van der Waals surface area (Å²) in [6, 6.07) is 2.93. The molecule has 1 amide bonds. The molecule has 11 heteroatoms. The van der Waals surface area contributed by atoms with Crippen molar-refractivity contribution in [3.05, 3.63) is 22.7 Å². The second kappa shape index (κ2) is 7.34. The van der Waals surface area contributed by atoms with Gasteiger partial charge in [0, 0.05) is 11.6 Å². The molecule has 0 saturated carbocycles. The van der Waals surface area contributed by atoms with Gasteiger partial charge in [0.15, 0.2) is 0 Å². The normalized spacial score (nSPS) is 11.6. The molecule has 0 atom stereocenters. The standard InChI is InChI=1S/C13H13F3N4O2S2/c1-6(2)22-8-4-7(5-9(17-8)23-3)10(21)18-12-20-19-11(24-12)13(14,15)16/h4-6H,1-3H3,(H,18,20,21). The van der Waals surface area contributed by atoms with Gasteiger partial charge in [-0.1, -0.05) is 11.3 Å². The summed E-state index contributed by atoms with van der Waals surface area (Å²) in [5.41, 5.74) is 0.203. The predicted octanol–water partition coefficient (Wildman–Crippen LogP) is 3.71. The molecule has 0 aliphatic heterocycles. The number of hydrogen-bond acceptors (Lipinski definition) is 7. The molecule has 130 valence electrons. The van der Waals surface area contributed by atoms with E-state index in [0.717, 1.165) is 0 Å². The van der Waals surface area contributed by atoms with E-state index in [1.807, 2.05) is 13.8 Å². The smallest absolute Gasteiger partial charge is 0.445 e. The van der Waals surface area contributed by atoms with Crippen molar-refractivity contribution in [2.75, 3.05) is 11.6 Å². The minimum atomic E-state index is -4.60. The van der Waals surface area contributed by atoms with E-state index in [1.165, 1.54) is 23.9 Å². The number of carbonyl (C=O) groups is 1. The Bertz CT molecular complexity index is 734. The van der Waals surface area contributed by atoms with Crippen LogP contribution in [0.1, 0.15) is 29.2 Å². The Kier molecular flexibility index (Phi) is 5.65. The van der Waals surface area contributed by atoms with Gasteiger partial charge in [-0.2, -0.15) is 13.2 Å². The van der Waals surface area contributed by atoms with Crippen molar-refractivity contribution in [1.29, 1.82) is 0 Å². The van der Waals surface area contributed by atoms with Crippen molar-refractivity contribution in [2.45, 2.75) is 31.2 Å². The number of thioether (sulfide) groups is 1. The molecular formula is C13H13F3N4O2S2. The maximum absolute atomic E-state index is 12.5. The van der Waals surface area contributed by atoms with Gasteiger partial charge in [-0.15, -0.1) is 22.0 Å². The fourth-order valence-electron chi connectivity index (χ4n) is 1.58. The molecule has 2 aromatic heterocycles. The molecule has 2 rings (SSSR count). The summed E-state index contributed by atoms with van der Waals surface area (Å²) < 4.78 is 43.0. The number of ether oxygens (including phenoxy) is 1. The molecule has 2 aromatic rings. The van der Waals surface area contributed by atoms with E-state index >= 15 is 0 Å². The van der Waals surface area contributed by atoms with Crippen molar-refractivity contribution in [3.63, 3.8) is 0 Å². The number of hydrogen-bond donors (Lipinski definition) is 1. The first-order valence-corrected chi connectivity index (χ1v) is 8.68. The highest BCUT2D eigenvalue weighted by Crippen LogP contribution is 2.33. The second-order valence-electron chi connectivity index (χ2n) is 4.77. The van der Waals surface area contributed by atoms with Crippen LogP contribution in [0.4, 0.5) is 18.3 Å². The van der Waals surface area contributed by atoms with E-state index in [1.54, 1.807) is 6.26 Å². The van der Waals surface area contributed by atoms with Gasteiger partial charge >= 0.3 is 6.18 Å². The van der Waals surface area contributed by atoms with Crippen LogP contribution in [0.2, 0.25) is 0 Å².